The molecule has 0 N–H and O–H groups in total. The van der Waals surface area contributed by atoms with Gasteiger partial charge in [0.2, 0.25) is 0 Å². The molecule has 1 fully saturated rings. The minimum Gasteiger partial charge on any atom is -0.369 e. The number of rotatable bonds is 8. The summed E-state index contributed by atoms with van der Waals surface area (Å²) in [5.74, 6) is 0.370. The molecule has 0 aliphatic carbocycles. The van der Waals surface area contributed by atoms with Gasteiger partial charge in [-0.05, 0) is 44.8 Å². The molecule has 2 rings (SSSR count). The Morgan fingerprint density at radius 2 is 1.78 bits per heavy atom. The van der Waals surface area contributed by atoms with Crippen molar-refractivity contribution in [3.05, 3.63) is 29.8 Å². The summed E-state index contributed by atoms with van der Waals surface area (Å²) >= 11 is 0. The monoisotopic (exact) mass is 317 g/mol. The molecule has 0 atom stereocenters. The Kier molecular flexibility index (Phi) is 7.06. The van der Waals surface area contributed by atoms with Crippen LogP contribution in [0.2, 0.25) is 0 Å². The number of Topliss-reactive ketones (excluding diaryl/α,β-unsaturated/α-hetero) is 1. The maximum absolute atomic E-state index is 11.3. The van der Waals surface area contributed by atoms with Crippen LogP contribution in [0.3, 0.4) is 0 Å². The molecule has 1 aromatic carbocycles. The second kappa shape index (κ2) is 9.04. The van der Waals surface area contributed by atoms with E-state index in [1.807, 2.05) is 6.92 Å². The molecule has 0 spiro atoms. The van der Waals surface area contributed by atoms with Gasteiger partial charge >= 0.3 is 0 Å². The van der Waals surface area contributed by atoms with Crippen molar-refractivity contribution in [3.63, 3.8) is 0 Å². The smallest absolute Gasteiger partial charge is 0.132 e. The van der Waals surface area contributed by atoms with E-state index in [2.05, 4.69) is 53.1 Å². The first-order chi connectivity index (χ1) is 11.1. The van der Waals surface area contributed by atoms with Crippen molar-refractivity contribution in [1.82, 2.24) is 9.80 Å². The molecule has 0 bridgehead atoms. The maximum Gasteiger partial charge on any atom is 0.132 e. The van der Waals surface area contributed by atoms with Gasteiger partial charge in [-0.1, -0.05) is 19.1 Å². The van der Waals surface area contributed by atoms with Crippen LogP contribution >= 0.6 is 0 Å². The van der Waals surface area contributed by atoms with E-state index >= 15 is 0 Å². The maximum atomic E-state index is 11.3. The van der Waals surface area contributed by atoms with Gasteiger partial charge in [0, 0.05) is 51.3 Å². The highest BCUT2D eigenvalue weighted by Gasteiger charge is 2.14. The van der Waals surface area contributed by atoms with Crippen molar-refractivity contribution < 1.29 is 4.79 Å². The molecule has 0 radical (unpaired) electrons. The summed E-state index contributed by atoms with van der Waals surface area (Å²) in [5, 5.41) is 0. The van der Waals surface area contributed by atoms with Crippen molar-refractivity contribution in [1.29, 1.82) is 0 Å². The molecule has 1 aromatic rings. The predicted molar refractivity (Wildman–Crippen MR) is 97.0 cm³/mol. The molecule has 0 amide bonds. The zero-order valence-corrected chi connectivity index (χ0v) is 14.9. The van der Waals surface area contributed by atoms with Crippen molar-refractivity contribution in [2.75, 3.05) is 51.7 Å². The highest BCUT2D eigenvalue weighted by Crippen LogP contribution is 2.17. The number of benzene rings is 1. The number of hydrogen-bond donors (Lipinski definition) is 0. The molecule has 1 aliphatic heterocycles. The minimum absolute atomic E-state index is 0.370. The fourth-order valence-corrected chi connectivity index (χ4v) is 2.99. The lowest BCUT2D eigenvalue weighted by atomic mass is 10.1. The first-order valence-electron chi connectivity index (χ1n) is 8.81. The van der Waals surface area contributed by atoms with Crippen LogP contribution in [0, 0.1) is 0 Å². The quantitative estimate of drug-likeness (QED) is 0.736. The third-order valence-corrected chi connectivity index (χ3v) is 4.65. The van der Waals surface area contributed by atoms with Crippen LogP contribution in [0.25, 0.3) is 0 Å². The average Bonchev–Trinajstić information content (AvgIpc) is 2.56. The lowest BCUT2D eigenvalue weighted by Gasteiger charge is -2.34. The Bertz CT molecular complexity index is 478. The van der Waals surface area contributed by atoms with E-state index in [1.165, 1.54) is 11.3 Å². The van der Waals surface area contributed by atoms with E-state index in [0.29, 0.717) is 18.6 Å². The third kappa shape index (κ3) is 5.96. The average molecular weight is 317 g/mol. The fraction of sp³-hybridized carbons (Fsp3) is 0.632. The molecule has 1 saturated heterocycles. The summed E-state index contributed by atoms with van der Waals surface area (Å²) in [5.41, 5.74) is 2.67. The Morgan fingerprint density at radius 3 is 2.39 bits per heavy atom. The molecule has 128 valence electrons. The van der Waals surface area contributed by atoms with Crippen LogP contribution in [0.5, 0.6) is 0 Å². The fourth-order valence-electron chi connectivity index (χ4n) is 2.99. The molecule has 0 unspecified atom stereocenters. The van der Waals surface area contributed by atoms with Crippen molar-refractivity contribution >= 4 is 11.5 Å². The van der Waals surface area contributed by atoms with Crippen LogP contribution in [0.4, 0.5) is 5.69 Å². The van der Waals surface area contributed by atoms with Crippen molar-refractivity contribution in [2.45, 2.75) is 32.7 Å². The summed E-state index contributed by atoms with van der Waals surface area (Å²) in [4.78, 5) is 18.5. The van der Waals surface area contributed by atoms with Gasteiger partial charge in [-0.25, -0.2) is 0 Å². The third-order valence-electron chi connectivity index (χ3n) is 4.65. The second-order valence-corrected chi connectivity index (χ2v) is 6.69. The number of hydrogen-bond acceptors (Lipinski definition) is 4. The summed E-state index contributed by atoms with van der Waals surface area (Å²) in [6, 6.07) is 8.97. The Balaban J connectivity index is 1.77. The van der Waals surface area contributed by atoms with Crippen LogP contribution in [-0.2, 0) is 11.3 Å². The van der Waals surface area contributed by atoms with Gasteiger partial charge in [0.05, 0.1) is 0 Å². The normalized spacial score (nSPS) is 16.1. The first kappa shape index (κ1) is 18.0. The predicted octanol–water partition coefficient (Wildman–Crippen LogP) is 2.63. The topological polar surface area (TPSA) is 26.8 Å². The van der Waals surface area contributed by atoms with E-state index in [4.69, 9.17) is 0 Å². The number of anilines is 1. The van der Waals surface area contributed by atoms with Gasteiger partial charge in [0.25, 0.3) is 0 Å². The van der Waals surface area contributed by atoms with E-state index in [-0.39, 0.29) is 0 Å². The molecule has 1 heterocycles. The van der Waals surface area contributed by atoms with Crippen molar-refractivity contribution in [3.8, 4) is 0 Å². The molecule has 4 nitrogen and oxygen atoms in total. The lowest BCUT2D eigenvalue weighted by Crippen LogP contribution is -2.44. The lowest BCUT2D eigenvalue weighted by molar-refractivity contribution is -0.118. The van der Waals surface area contributed by atoms with Gasteiger partial charge in [-0.3, -0.25) is 4.79 Å². The van der Waals surface area contributed by atoms with E-state index in [1.54, 1.807) is 0 Å². The van der Waals surface area contributed by atoms with Gasteiger partial charge in [-0.15, -0.1) is 0 Å². The summed E-state index contributed by atoms with van der Waals surface area (Å²) in [6.45, 7) is 8.37. The highest BCUT2D eigenvalue weighted by molar-refractivity contribution is 5.77. The van der Waals surface area contributed by atoms with Gasteiger partial charge in [0.1, 0.15) is 5.78 Å². The first-order valence-corrected chi connectivity index (χ1v) is 8.81. The van der Waals surface area contributed by atoms with Gasteiger partial charge in [-0.2, -0.15) is 0 Å². The van der Waals surface area contributed by atoms with E-state index in [9.17, 15) is 4.79 Å². The van der Waals surface area contributed by atoms with Gasteiger partial charge in [0.15, 0.2) is 0 Å². The summed E-state index contributed by atoms with van der Waals surface area (Å²) < 4.78 is 0. The van der Waals surface area contributed by atoms with Crippen molar-refractivity contribution in [2.24, 2.45) is 0 Å². The molecule has 23 heavy (non-hydrogen) atoms. The van der Waals surface area contributed by atoms with Crippen LogP contribution in [-0.4, -0.2) is 62.4 Å². The SMILES string of the molecule is CCC(=O)CCCN(C)Cc1ccc(N2CCN(C)CC2)cc1. The molecule has 4 heteroatoms. The Hall–Kier alpha value is -1.39. The number of piperazine rings is 1. The molecular weight excluding hydrogens is 286 g/mol. The molecular formula is C19H31N3O. The Morgan fingerprint density at radius 1 is 1.13 bits per heavy atom. The minimum atomic E-state index is 0.370. The highest BCUT2D eigenvalue weighted by atomic mass is 16.1. The summed E-state index contributed by atoms with van der Waals surface area (Å²) in [6.07, 6.45) is 2.34. The number of carbonyl (C=O) groups excluding carboxylic acids is 1. The largest absolute Gasteiger partial charge is 0.369 e. The molecule has 1 aliphatic rings. The van der Waals surface area contributed by atoms with Crippen LogP contribution in [0.1, 0.15) is 31.7 Å². The summed E-state index contributed by atoms with van der Waals surface area (Å²) in [7, 11) is 4.31. The number of carbonyl (C=O) groups is 1. The van der Waals surface area contributed by atoms with E-state index < -0.39 is 0 Å². The molecule has 0 aromatic heterocycles. The van der Waals surface area contributed by atoms with Crippen LogP contribution < -0.4 is 4.90 Å². The number of ketones is 1. The second-order valence-electron chi connectivity index (χ2n) is 6.69. The molecule has 0 saturated carbocycles. The zero-order chi connectivity index (χ0) is 16.7. The van der Waals surface area contributed by atoms with Gasteiger partial charge < -0.3 is 14.7 Å². The standard InChI is InChI=1S/C19H31N3O/c1-4-19(23)6-5-11-21(3)16-17-7-9-18(10-8-17)22-14-12-20(2)13-15-22/h7-10H,4-6,11-16H2,1-3H3. The Labute approximate surface area is 141 Å². The zero-order valence-electron chi connectivity index (χ0n) is 14.9. The van der Waals surface area contributed by atoms with E-state index in [0.717, 1.165) is 45.7 Å². The number of nitrogens with zero attached hydrogens (tertiary/aromatic N) is 3. The van der Waals surface area contributed by atoms with Crippen LogP contribution in [0.15, 0.2) is 24.3 Å². The number of likely N-dealkylation sites (N-methyl/N-ethyl adjacent to an activating group) is 1.